The highest BCUT2D eigenvalue weighted by Crippen LogP contribution is 2.28. The topological polar surface area (TPSA) is 25.4 Å². The fraction of sp³-hybridized carbons (Fsp3) is 0.545. The molecule has 3 nitrogen and oxygen atoms in total. The molecule has 0 radical (unpaired) electrons. The Balaban J connectivity index is 2.24. The first-order valence-electron chi connectivity index (χ1n) is 5.12. The van der Waals surface area contributed by atoms with E-state index in [1.54, 1.807) is 0 Å². The second-order valence-corrected chi connectivity index (χ2v) is 4.69. The third-order valence-electron chi connectivity index (χ3n) is 2.85. The molecule has 0 spiro atoms. The zero-order valence-electron chi connectivity index (χ0n) is 9.03. The monoisotopic (exact) mass is 270 g/mol. The molecule has 1 unspecified atom stereocenters. The second kappa shape index (κ2) is 4.49. The van der Waals surface area contributed by atoms with Crippen LogP contribution in [0.3, 0.4) is 0 Å². The summed E-state index contributed by atoms with van der Waals surface area (Å²) in [5.74, 6) is 1.01. The van der Waals surface area contributed by atoms with E-state index in [2.05, 4.69) is 39.8 Å². The molecule has 2 rings (SSSR count). The van der Waals surface area contributed by atoms with Crippen molar-refractivity contribution in [3.8, 4) is 0 Å². The molecule has 1 aliphatic heterocycles. The van der Waals surface area contributed by atoms with Gasteiger partial charge in [0.1, 0.15) is 5.82 Å². The summed E-state index contributed by atoms with van der Waals surface area (Å²) in [7, 11) is 2.08. The largest absolute Gasteiger partial charge is 0.379 e. The van der Waals surface area contributed by atoms with Crippen molar-refractivity contribution in [1.82, 2.24) is 4.98 Å². The Morgan fingerprint density at radius 2 is 2.40 bits per heavy atom. The molecular formula is C11H15BrN2O. The van der Waals surface area contributed by atoms with Gasteiger partial charge >= 0.3 is 0 Å². The number of aromatic nitrogens is 1. The van der Waals surface area contributed by atoms with E-state index in [0.29, 0.717) is 6.04 Å². The first kappa shape index (κ1) is 10.9. The molecular weight excluding hydrogens is 256 g/mol. The van der Waals surface area contributed by atoms with Gasteiger partial charge in [-0.25, -0.2) is 4.98 Å². The van der Waals surface area contributed by atoms with Gasteiger partial charge in [0.2, 0.25) is 0 Å². The third kappa shape index (κ3) is 2.16. The summed E-state index contributed by atoms with van der Waals surface area (Å²) >= 11 is 3.58. The summed E-state index contributed by atoms with van der Waals surface area (Å²) < 4.78 is 6.47. The molecule has 1 saturated heterocycles. The number of hydrogen-bond acceptors (Lipinski definition) is 3. The quantitative estimate of drug-likeness (QED) is 0.825. The zero-order chi connectivity index (χ0) is 10.8. The standard InChI is InChI=1S/C11H15BrN2O/c1-8-3-5-13-11(10(8)12)14(2)9-4-6-15-7-9/h3,5,9H,4,6-7H2,1-2H3. The SMILES string of the molecule is Cc1ccnc(N(C)C2CCOC2)c1Br. The number of rotatable bonds is 2. The van der Waals surface area contributed by atoms with Crippen LogP contribution in [0.2, 0.25) is 0 Å². The van der Waals surface area contributed by atoms with Gasteiger partial charge in [-0.2, -0.15) is 0 Å². The highest BCUT2D eigenvalue weighted by Gasteiger charge is 2.22. The number of hydrogen-bond donors (Lipinski definition) is 0. The van der Waals surface area contributed by atoms with Crippen molar-refractivity contribution in [2.45, 2.75) is 19.4 Å². The first-order valence-corrected chi connectivity index (χ1v) is 5.91. The van der Waals surface area contributed by atoms with Crippen molar-refractivity contribution >= 4 is 21.7 Å². The summed E-state index contributed by atoms with van der Waals surface area (Å²) in [4.78, 5) is 6.61. The average Bonchev–Trinajstić information content (AvgIpc) is 2.74. The summed E-state index contributed by atoms with van der Waals surface area (Å²) in [5.41, 5.74) is 1.21. The number of pyridine rings is 1. The molecule has 0 amide bonds. The van der Waals surface area contributed by atoms with Crippen molar-refractivity contribution in [2.75, 3.05) is 25.2 Å². The maximum absolute atomic E-state index is 5.39. The van der Waals surface area contributed by atoms with E-state index in [1.807, 2.05) is 12.3 Å². The minimum absolute atomic E-state index is 0.454. The normalized spacial score (nSPS) is 20.6. The Hall–Kier alpha value is -0.610. The molecule has 15 heavy (non-hydrogen) atoms. The van der Waals surface area contributed by atoms with Crippen LogP contribution >= 0.6 is 15.9 Å². The lowest BCUT2D eigenvalue weighted by Crippen LogP contribution is -2.32. The van der Waals surface area contributed by atoms with Gasteiger partial charge in [0.15, 0.2) is 0 Å². The minimum atomic E-state index is 0.454. The van der Waals surface area contributed by atoms with E-state index in [0.717, 1.165) is 29.9 Å². The zero-order valence-corrected chi connectivity index (χ0v) is 10.6. The van der Waals surface area contributed by atoms with Gasteiger partial charge in [-0.05, 0) is 40.9 Å². The lowest BCUT2D eigenvalue weighted by molar-refractivity contribution is 0.193. The molecule has 0 bridgehead atoms. The van der Waals surface area contributed by atoms with Crippen molar-refractivity contribution in [1.29, 1.82) is 0 Å². The van der Waals surface area contributed by atoms with E-state index in [-0.39, 0.29) is 0 Å². The van der Waals surface area contributed by atoms with Crippen molar-refractivity contribution in [3.05, 3.63) is 22.3 Å². The summed E-state index contributed by atoms with van der Waals surface area (Å²) in [6.45, 7) is 3.74. The summed E-state index contributed by atoms with van der Waals surface area (Å²) in [5, 5.41) is 0. The minimum Gasteiger partial charge on any atom is -0.379 e. The van der Waals surface area contributed by atoms with E-state index >= 15 is 0 Å². The Kier molecular flexibility index (Phi) is 3.26. The number of ether oxygens (including phenoxy) is 1. The average molecular weight is 271 g/mol. The first-order chi connectivity index (χ1) is 7.20. The Morgan fingerprint density at radius 1 is 1.60 bits per heavy atom. The molecule has 1 aliphatic rings. The molecule has 2 heterocycles. The molecule has 1 atom stereocenters. The molecule has 0 aliphatic carbocycles. The molecule has 0 saturated carbocycles. The predicted molar refractivity (Wildman–Crippen MR) is 64.3 cm³/mol. The van der Waals surface area contributed by atoms with Gasteiger partial charge in [0, 0.05) is 19.9 Å². The van der Waals surface area contributed by atoms with Crippen LogP contribution in [0.1, 0.15) is 12.0 Å². The van der Waals surface area contributed by atoms with E-state index in [4.69, 9.17) is 4.74 Å². The fourth-order valence-electron chi connectivity index (χ4n) is 1.77. The molecule has 82 valence electrons. The van der Waals surface area contributed by atoms with Crippen LogP contribution in [-0.4, -0.2) is 31.3 Å². The maximum Gasteiger partial charge on any atom is 0.143 e. The highest BCUT2D eigenvalue weighted by atomic mass is 79.9. The molecule has 1 aromatic rings. The number of likely N-dealkylation sites (N-methyl/N-ethyl adjacent to an activating group) is 1. The fourth-order valence-corrected chi connectivity index (χ4v) is 2.29. The summed E-state index contributed by atoms with van der Waals surface area (Å²) in [6, 6.07) is 2.46. The third-order valence-corrected chi connectivity index (χ3v) is 3.83. The lowest BCUT2D eigenvalue weighted by atomic mass is 10.2. The maximum atomic E-state index is 5.39. The molecule has 4 heteroatoms. The second-order valence-electron chi connectivity index (χ2n) is 3.89. The van der Waals surface area contributed by atoms with Crippen LogP contribution < -0.4 is 4.90 Å². The van der Waals surface area contributed by atoms with Gasteiger partial charge in [0.05, 0.1) is 17.1 Å². The van der Waals surface area contributed by atoms with Gasteiger partial charge in [-0.15, -0.1) is 0 Å². The highest BCUT2D eigenvalue weighted by molar-refractivity contribution is 9.10. The van der Waals surface area contributed by atoms with Crippen LogP contribution in [0.25, 0.3) is 0 Å². The van der Waals surface area contributed by atoms with Crippen LogP contribution in [0.4, 0.5) is 5.82 Å². The van der Waals surface area contributed by atoms with E-state index in [9.17, 15) is 0 Å². The van der Waals surface area contributed by atoms with E-state index < -0.39 is 0 Å². The van der Waals surface area contributed by atoms with Crippen LogP contribution in [0, 0.1) is 6.92 Å². The van der Waals surface area contributed by atoms with Crippen molar-refractivity contribution in [2.24, 2.45) is 0 Å². The van der Waals surface area contributed by atoms with E-state index in [1.165, 1.54) is 5.56 Å². The Bertz CT molecular complexity index is 350. The number of halogens is 1. The molecule has 0 aromatic carbocycles. The van der Waals surface area contributed by atoms with Crippen molar-refractivity contribution in [3.63, 3.8) is 0 Å². The van der Waals surface area contributed by atoms with Gasteiger partial charge in [-0.3, -0.25) is 0 Å². The lowest BCUT2D eigenvalue weighted by Gasteiger charge is -2.25. The predicted octanol–water partition coefficient (Wildman–Crippen LogP) is 2.38. The van der Waals surface area contributed by atoms with Crippen LogP contribution in [0.5, 0.6) is 0 Å². The molecule has 0 N–H and O–H groups in total. The van der Waals surface area contributed by atoms with Gasteiger partial charge < -0.3 is 9.64 Å². The number of anilines is 1. The Labute approximate surface area is 98.6 Å². The molecule has 1 fully saturated rings. The van der Waals surface area contributed by atoms with Gasteiger partial charge in [-0.1, -0.05) is 0 Å². The van der Waals surface area contributed by atoms with Gasteiger partial charge in [0.25, 0.3) is 0 Å². The summed E-state index contributed by atoms with van der Waals surface area (Å²) in [6.07, 6.45) is 2.93. The van der Waals surface area contributed by atoms with Crippen LogP contribution in [0.15, 0.2) is 16.7 Å². The number of nitrogens with zero attached hydrogens (tertiary/aromatic N) is 2. The smallest absolute Gasteiger partial charge is 0.143 e. The molecule has 1 aromatic heterocycles. The van der Waals surface area contributed by atoms with Crippen molar-refractivity contribution < 1.29 is 4.74 Å². The van der Waals surface area contributed by atoms with Crippen LogP contribution in [-0.2, 0) is 4.74 Å². The Morgan fingerprint density at radius 3 is 3.07 bits per heavy atom. The number of aryl methyl sites for hydroxylation is 1.